The van der Waals surface area contributed by atoms with Crippen LogP contribution in [0.3, 0.4) is 0 Å². The number of hydrogen-bond donors (Lipinski definition) is 2. The molecule has 0 spiro atoms. The number of hydrogen-bond acceptors (Lipinski definition) is 3. The largest absolute Gasteiger partial charge is 0.355 e. The van der Waals surface area contributed by atoms with Crippen molar-refractivity contribution in [2.45, 2.75) is 31.8 Å². The van der Waals surface area contributed by atoms with Gasteiger partial charge >= 0.3 is 0 Å². The maximum atomic E-state index is 13.8. The van der Waals surface area contributed by atoms with Gasteiger partial charge in [-0.2, -0.15) is 0 Å². The van der Waals surface area contributed by atoms with E-state index in [9.17, 15) is 9.18 Å². The molecular formula is C16H22Cl2FN3O. The fourth-order valence-corrected chi connectivity index (χ4v) is 2.95. The van der Waals surface area contributed by atoms with Gasteiger partial charge < -0.3 is 10.7 Å². The van der Waals surface area contributed by atoms with Crippen molar-refractivity contribution in [2.24, 2.45) is 5.73 Å². The topological polar surface area (TPSA) is 62.1 Å². The van der Waals surface area contributed by atoms with Gasteiger partial charge in [-0.1, -0.05) is 6.07 Å². The van der Waals surface area contributed by atoms with Gasteiger partial charge in [-0.25, -0.2) is 4.39 Å². The molecule has 1 aliphatic heterocycles. The first-order valence-corrected chi connectivity index (χ1v) is 7.42. The number of para-hydroxylation sites is 1. The van der Waals surface area contributed by atoms with E-state index in [0.717, 1.165) is 38.0 Å². The Morgan fingerprint density at radius 1 is 1.26 bits per heavy atom. The van der Waals surface area contributed by atoms with Crippen LogP contribution in [0, 0.1) is 5.82 Å². The smallest absolute Gasteiger partial charge is 0.189 e. The Kier molecular flexibility index (Phi) is 7.48. The van der Waals surface area contributed by atoms with E-state index in [-0.39, 0.29) is 42.1 Å². The monoisotopic (exact) mass is 361 g/mol. The first-order chi connectivity index (χ1) is 10.1. The van der Waals surface area contributed by atoms with Crippen LogP contribution in [0.5, 0.6) is 0 Å². The quantitative estimate of drug-likeness (QED) is 0.864. The molecule has 3 rings (SSSR count). The minimum atomic E-state index is -0.385. The van der Waals surface area contributed by atoms with Crippen molar-refractivity contribution in [3.05, 3.63) is 46.0 Å². The number of nitrogens with zero attached hydrogens (tertiary/aromatic N) is 1. The average molecular weight is 362 g/mol. The lowest BCUT2D eigenvalue weighted by atomic mass is 10.1. The standard InChI is InChI=1S/C16H20FN3O.2ClH/c17-14-5-1-4-13-15(21)9-12(19-16(13)14)10-20-7-2-3-11(18)6-8-20;;/h1,4-5,9,11H,2-3,6-8,10,18H2,(H,19,21);2*1H. The van der Waals surface area contributed by atoms with Crippen molar-refractivity contribution in [3.63, 3.8) is 0 Å². The van der Waals surface area contributed by atoms with Gasteiger partial charge in [0.05, 0.1) is 5.52 Å². The number of H-pyrrole nitrogens is 1. The maximum Gasteiger partial charge on any atom is 0.189 e. The summed E-state index contributed by atoms with van der Waals surface area (Å²) >= 11 is 0. The Morgan fingerprint density at radius 3 is 2.83 bits per heavy atom. The van der Waals surface area contributed by atoms with Crippen LogP contribution < -0.4 is 11.2 Å². The Bertz CT molecular complexity index is 707. The van der Waals surface area contributed by atoms with Gasteiger partial charge in [0.25, 0.3) is 0 Å². The highest BCUT2D eigenvalue weighted by atomic mass is 35.5. The SMILES string of the molecule is Cl.Cl.NC1CCCN(Cc2cc(=O)c3cccc(F)c3[nH]2)CC1. The Balaban J connectivity index is 0.00000132. The summed E-state index contributed by atoms with van der Waals surface area (Å²) < 4.78 is 13.8. The summed E-state index contributed by atoms with van der Waals surface area (Å²) in [4.78, 5) is 17.4. The second-order valence-corrected chi connectivity index (χ2v) is 5.79. The van der Waals surface area contributed by atoms with E-state index < -0.39 is 0 Å². The Labute approximate surface area is 147 Å². The Hall–Kier alpha value is -1.14. The number of fused-ring (bicyclic) bond motifs is 1. The van der Waals surface area contributed by atoms with Crippen molar-refractivity contribution < 1.29 is 4.39 Å². The van der Waals surface area contributed by atoms with Crippen molar-refractivity contribution in [2.75, 3.05) is 13.1 Å². The highest BCUT2D eigenvalue weighted by Gasteiger charge is 2.15. The van der Waals surface area contributed by atoms with Crippen LogP contribution in [0.25, 0.3) is 10.9 Å². The van der Waals surface area contributed by atoms with Crippen LogP contribution in [-0.2, 0) is 6.54 Å². The van der Waals surface area contributed by atoms with E-state index in [1.807, 2.05) is 0 Å². The summed E-state index contributed by atoms with van der Waals surface area (Å²) in [6, 6.07) is 6.41. The second kappa shape index (κ2) is 8.64. The summed E-state index contributed by atoms with van der Waals surface area (Å²) in [7, 11) is 0. The third-order valence-electron chi connectivity index (χ3n) is 4.13. The average Bonchev–Trinajstić information content (AvgIpc) is 2.65. The maximum absolute atomic E-state index is 13.8. The summed E-state index contributed by atoms with van der Waals surface area (Å²) in [5.41, 5.74) is 6.90. The fourth-order valence-electron chi connectivity index (χ4n) is 2.95. The molecule has 3 N–H and O–H groups in total. The van der Waals surface area contributed by atoms with E-state index in [1.54, 1.807) is 18.2 Å². The lowest BCUT2D eigenvalue weighted by Crippen LogP contribution is -2.27. The molecule has 0 aliphatic carbocycles. The molecule has 128 valence electrons. The molecule has 2 heterocycles. The molecule has 1 aromatic carbocycles. The molecule has 4 nitrogen and oxygen atoms in total. The molecule has 1 unspecified atom stereocenters. The summed E-state index contributed by atoms with van der Waals surface area (Å²) in [6.07, 6.45) is 3.07. The van der Waals surface area contributed by atoms with E-state index in [2.05, 4.69) is 9.88 Å². The van der Waals surface area contributed by atoms with Gasteiger partial charge in [-0.15, -0.1) is 24.8 Å². The molecule has 1 atom stereocenters. The van der Waals surface area contributed by atoms with Gasteiger partial charge in [0, 0.05) is 36.3 Å². The minimum absolute atomic E-state index is 0. The molecule has 1 aromatic heterocycles. The molecule has 0 radical (unpaired) electrons. The number of aromatic amines is 1. The molecule has 0 saturated carbocycles. The van der Waals surface area contributed by atoms with Gasteiger partial charge in [-0.05, 0) is 37.9 Å². The number of benzene rings is 1. The molecule has 0 amide bonds. The van der Waals surface area contributed by atoms with Crippen molar-refractivity contribution >= 4 is 35.7 Å². The first kappa shape index (κ1) is 19.9. The zero-order valence-corrected chi connectivity index (χ0v) is 14.4. The van der Waals surface area contributed by atoms with Crippen molar-refractivity contribution in [1.29, 1.82) is 0 Å². The van der Waals surface area contributed by atoms with Gasteiger partial charge in [0.2, 0.25) is 0 Å². The number of nitrogens with one attached hydrogen (secondary N) is 1. The molecular weight excluding hydrogens is 340 g/mol. The number of likely N-dealkylation sites (tertiary alicyclic amines) is 1. The number of rotatable bonds is 2. The highest BCUT2D eigenvalue weighted by molar-refractivity contribution is 5.85. The zero-order valence-electron chi connectivity index (χ0n) is 12.8. The number of aromatic nitrogens is 1. The van der Waals surface area contributed by atoms with Crippen LogP contribution in [0.1, 0.15) is 25.0 Å². The van der Waals surface area contributed by atoms with Crippen molar-refractivity contribution in [3.8, 4) is 0 Å². The molecule has 1 saturated heterocycles. The zero-order chi connectivity index (χ0) is 14.8. The molecule has 0 bridgehead atoms. The third-order valence-corrected chi connectivity index (χ3v) is 4.13. The molecule has 2 aromatic rings. The summed E-state index contributed by atoms with van der Waals surface area (Å²) in [5, 5.41) is 0.400. The minimum Gasteiger partial charge on any atom is -0.355 e. The normalized spacial score (nSPS) is 18.8. The molecule has 23 heavy (non-hydrogen) atoms. The van der Waals surface area contributed by atoms with Crippen LogP contribution in [0.4, 0.5) is 4.39 Å². The number of halogens is 3. The van der Waals surface area contributed by atoms with E-state index in [4.69, 9.17) is 5.73 Å². The van der Waals surface area contributed by atoms with Crippen LogP contribution >= 0.6 is 24.8 Å². The van der Waals surface area contributed by atoms with Gasteiger partial charge in [-0.3, -0.25) is 9.69 Å². The van der Waals surface area contributed by atoms with Crippen LogP contribution in [-0.4, -0.2) is 29.0 Å². The van der Waals surface area contributed by atoms with E-state index >= 15 is 0 Å². The fraction of sp³-hybridized carbons (Fsp3) is 0.438. The molecule has 1 aliphatic rings. The summed E-state index contributed by atoms with van der Waals surface area (Å²) in [5.74, 6) is -0.385. The first-order valence-electron chi connectivity index (χ1n) is 7.42. The lowest BCUT2D eigenvalue weighted by molar-refractivity contribution is 0.272. The number of pyridine rings is 1. The van der Waals surface area contributed by atoms with Gasteiger partial charge in [0.15, 0.2) is 5.43 Å². The van der Waals surface area contributed by atoms with Crippen LogP contribution in [0.15, 0.2) is 29.1 Å². The van der Waals surface area contributed by atoms with Gasteiger partial charge in [0.1, 0.15) is 5.82 Å². The predicted octanol–water partition coefficient (Wildman–Crippen LogP) is 2.82. The second-order valence-electron chi connectivity index (χ2n) is 5.79. The lowest BCUT2D eigenvalue weighted by Gasteiger charge is -2.20. The van der Waals surface area contributed by atoms with Crippen LogP contribution in [0.2, 0.25) is 0 Å². The molecule has 1 fully saturated rings. The third kappa shape index (κ3) is 4.67. The molecule has 7 heteroatoms. The highest BCUT2D eigenvalue weighted by Crippen LogP contribution is 2.15. The van der Waals surface area contributed by atoms with E-state index in [1.165, 1.54) is 6.07 Å². The van der Waals surface area contributed by atoms with Crippen molar-refractivity contribution in [1.82, 2.24) is 9.88 Å². The van der Waals surface area contributed by atoms with E-state index in [0.29, 0.717) is 17.4 Å². The predicted molar refractivity (Wildman–Crippen MR) is 96.1 cm³/mol. The number of nitrogens with two attached hydrogens (primary N) is 1. The summed E-state index contributed by atoms with van der Waals surface area (Å²) in [6.45, 7) is 2.51. The Morgan fingerprint density at radius 2 is 2.04 bits per heavy atom.